The molecule has 20 heavy (non-hydrogen) atoms. The molecule has 2 fully saturated rings. The van der Waals surface area contributed by atoms with Crippen molar-refractivity contribution in [1.82, 2.24) is 5.32 Å². The first kappa shape index (κ1) is 15.8. The van der Waals surface area contributed by atoms with Crippen LogP contribution < -0.4 is 5.32 Å². The van der Waals surface area contributed by atoms with Gasteiger partial charge in [0.25, 0.3) is 0 Å². The average molecular weight is 281 g/mol. The standard InChI is InChI=1S/C17H31NO2/c1-12(2)15-5-3-4-6-16(15)18-11-13-7-9-14(10-8-13)17(19)20/h12-16,18H,3-11H2,1-2H3,(H,19,20). The Kier molecular flexibility index (Phi) is 5.88. The lowest BCUT2D eigenvalue weighted by molar-refractivity contribution is -0.143. The first-order valence-electron chi connectivity index (χ1n) is 8.54. The van der Waals surface area contributed by atoms with Gasteiger partial charge in [-0.05, 0) is 62.8 Å². The van der Waals surface area contributed by atoms with E-state index >= 15 is 0 Å². The molecule has 0 aromatic heterocycles. The summed E-state index contributed by atoms with van der Waals surface area (Å²) in [6, 6.07) is 0.695. The summed E-state index contributed by atoms with van der Waals surface area (Å²) in [7, 11) is 0. The lowest BCUT2D eigenvalue weighted by Crippen LogP contribution is -2.43. The van der Waals surface area contributed by atoms with Crippen LogP contribution in [-0.2, 0) is 4.79 Å². The second-order valence-corrected chi connectivity index (χ2v) is 7.26. The Morgan fingerprint density at radius 2 is 1.75 bits per heavy atom. The SMILES string of the molecule is CC(C)C1CCCCC1NCC1CCC(C(=O)O)CC1. The summed E-state index contributed by atoms with van der Waals surface area (Å²) in [4.78, 5) is 11.0. The van der Waals surface area contributed by atoms with Crippen LogP contribution in [0.4, 0.5) is 0 Å². The molecule has 2 aliphatic carbocycles. The molecule has 0 aliphatic heterocycles. The average Bonchev–Trinajstić information content (AvgIpc) is 2.45. The largest absolute Gasteiger partial charge is 0.481 e. The Labute approximate surface area is 123 Å². The molecule has 2 N–H and O–H groups in total. The van der Waals surface area contributed by atoms with Crippen molar-refractivity contribution >= 4 is 5.97 Å². The zero-order valence-corrected chi connectivity index (χ0v) is 13.1. The highest BCUT2D eigenvalue weighted by Gasteiger charge is 2.29. The van der Waals surface area contributed by atoms with Crippen molar-refractivity contribution in [3.8, 4) is 0 Å². The number of aliphatic carboxylic acids is 1. The highest BCUT2D eigenvalue weighted by atomic mass is 16.4. The van der Waals surface area contributed by atoms with Crippen molar-refractivity contribution < 1.29 is 9.90 Å². The minimum atomic E-state index is -0.594. The molecule has 0 saturated heterocycles. The molecule has 0 spiro atoms. The fourth-order valence-electron chi connectivity index (χ4n) is 4.14. The van der Waals surface area contributed by atoms with Crippen molar-refractivity contribution in [3.63, 3.8) is 0 Å². The quantitative estimate of drug-likeness (QED) is 0.808. The van der Waals surface area contributed by atoms with Crippen molar-refractivity contribution in [2.75, 3.05) is 6.54 Å². The fourth-order valence-corrected chi connectivity index (χ4v) is 4.14. The maximum atomic E-state index is 11.0. The number of hydrogen-bond acceptors (Lipinski definition) is 2. The number of carbonyl (C=O) groups is 1. The third-order valence-electron chi connectivity index (χ3n) is 5.54. The fraction of sp³-hybridized carbons (Fsp3) is 0.941. The summed E-state index contributed by atoms with van der Waals surface area (Å²) in [5.74, 6) is 1.63. The van der Waals surface area contributed by atoms with Gasteiger partial charge in [0, 0.05) is 6.04 Å². The highest BCUT2D eigenvalue weighted by molar-refractivity contribution is 5.69. The van der Waals surface area contributed by atoms with Crippen LogP contribution in [0, 0.1) is 23.7 Å². The Balaban J connectivity index is 1.73. The van der Waals surface area contributed by atoms with Crippen molar-refractivity contribution in [1.29, 1.82) is 0 Å². The summed E-state index contributed by atoms with van der Waals surface area (Å²) >= 11 is 0. The van der Waals surface area contributed by atoms with Crippen LogP contribution in [0.3, 0.4) is 0 Å². The van der Waals surface area contributed by atoms with Gasteiger partial charge in [-0.25, -0.2) is 0 Å². The molecular weight excluding hydrogens is 250 g/mol. The van der Waals surface area contributed by atoms with Gasteiger partial charge in [-0.2, -0.15) is 0 Å². The zero-order valence-electron chi connectivity index (χ0n) is 13.1. The molecule has 116 valence electrons. The van der Waals surface area contributed by atoms with E-state index in [-0.39, 0.29) is 5.92 Å². The Morgan fingerprint density at radius 3 is 2.35 bits per heavy atom. The topological polar surface area (TPSA) is 49.3 Å². The molecule has 3 heteroatoms. The monoisotopic (exact) mass is 281 g/mol. The molecule has 0 amide bonds. The molecule has 2 saturated carbocycles. The summed E-state index contributed by atoms with van der Waals surface area (Å²) in [5.41, 5.74) is 0. The summed E-state index contributed by atoms with van der Waals surface area (Å²) in [6.45, 7) is 5.80. The van der Waals surface area contributed by atoms with Gasteiger partial charge in [0.15, 0.2) is 0 Å². The molecule has 0 heterocycles. The number of carboxylic acid groups (broad SMARTS) is 1. The van der Waals surface area contributed by atoms with Gasteiger partial charge in [-0.1, -0.05) is 26.7 Å². The second-order valence-electron chi connectivity index (χ2n) is 7.26. The maximum Gasteiger partial charge on any atom is 0.306 e. The van der Waals surface area contributed by atoms with E-state index in [0.717, 1.165) is 44.1 Å². The van der Waals surface area contributed by atoms with Gasteiger partial charge in [0.1, 0.15) is 0 Å². The van der Waals surface area contributed by atoms with Gasteiger partial charge in [-0.15, -0.1) is 0 Å². The molecule has 0 aromatic carbocycles. The minimum Gasteiger partial charge on any atom is -0.481 e. The lowest BCUT2D eigenvalue weighted by atomic mass is 9.77. The first-order valence-corrected chi connectivity index (χ1v) is 8.54. The van der Waals surface area contributed by atoms with E-state index < -0.39 is 5.97 Å². The van der Waals surface area contributed by atoms with Crippen LogP contribution in [0.15, 0.2) is 0 Å². The summed E-state index contributed by atoms with van der Waals surface area (Å²) < 4.78 is 0. The smallest absolute Gasteiger partial charge is 0.306 e. The highest BCUT2D eigenvalue weighted by Crippen LogP contribution is 2.32. The molecule has 2 aliphatic rings. The minimum absolute atomic E-state index is 0.0793. The third-order valence-corrected chi connectivity index (χ3v) is 5.54. The molecule has 0 bridgehead atoms. The van der Waals surface area contributed by atoms with Gasteiger partial charge >= 0.3 is 5.97 Å². The molecule has 2 atom stereocenters. The van der Waals surface area contributed by atoms with Crippen LogP contribution in [0.2, 0.25) is 0 Å². The predicted octanol–water partition coefficient (Wildman–Crippen LogP) is 3.68. The van der Waals surface area contributed by atoms with Crippen LogP contribution >= 0.6 is 0 Å². The Morgan fingerprint density at radius 1 is 1.10 bits per heavy atom. The predicted molar refractivity (Wildman–Crippen MR) is 81.7 cm³/mol. The molecule has 0 radical (unpaired) electrons. The second kappa shape index (κ2) is 7.44. The van der Waals surface area contributed by atoms with Crippen molar-refractivity contribution in [2.45, 2.75) is 71.3 Å². The number of nitrogens with one attached hydrogen (secondary N) is 1. The van der Waals surface area contributed by atoms with E-state index in [1.807, 2.05) is 0 Å². The van der Waals surface area contributed by atoms with Gasteiger partial charge in [0.05, 0.1) is 5.92 Å². The number of hydrogen-bond donors (Lipinski definition) is 2. The Bertz CT molecular complexity index is 308. The van der Waals surface area contributed by atoms with Gasteiger partial charge < -0.3 is 10.4 Å². The molecule has 0 aromatic rings. The van der Waals surface area contributed by atoms with Crippen LogP contribution in [0.25, 0.3) is 0 Å². The molecule has 3 nitrogen and oxygen atoms in total. The number of rotatable bonds is 5. The Hall–Kier alpha value is -0.570. The van der Waals surface area contributed by atoms with Gasteiger partial charge in [0.2, 0.25) is 0 Å². The van der Waals surface area contributed by atoms with Crippen LogP contribution in [0.5, 0.6) is 0 Å². The van der Waals surface area contributed by atoms with E-state index in [0.29, 0.717) is 12.0 Å². The lowest BCUT2D eigenvalue weighted by Gasteiger charge is -2.36. The van der Waals surface area contributed by atoms with Crippen molar-refractivity contribution in [2.24, 2.45) is 23.7 Å². The zero-order chi connectivity index (χ0) is 14.5. The van der Waals surface area contributed by atoms with E-state index in [2.05, 4.69) is 19.2 Å². The van der Waals surface area contributed by atoms with E-state index in [4.69, 9.17) is 5.11 Å². The van der Waals surface area contributed by atoms with E-state index in [1.165, 1.54) is 25.7 Å². The number of carboxylic acids is 1. The molecule has 2 unspecified atom stereocenters. The van der Waals surface area contributed by atoms with E-state index in [9.17, 15) is 4.79 Å². The van der Waals surface area contributed by atoms with E-state index in [1.54, 1.807) is 0 Å². The van der Waals surface area contributed by atoms with Crippen molar-refractivity contribution in [3.05, 3.63) is 0 Å². The first-order chi connectivity index (χ1) is 9.58. The normalized spacial score (nSPS) is 35.1. The maximum absolute atomic E-state index is 11.0. The van der Waals surface area contributed by atoms with Crippen LogP contribution in [0.1, 0.15) is 65.2 Å². The summed E-state index contributed by atoms with van der Waals surface area (Å²) in [6.07, 6.45) is 9.39. The van der Waals surface area contributed by atoms with Crippen LogP contribution in [-0.4, -0.2) is 23.7 Å². The van der Waals surface area contributed by atoms with Gasteiger partial charge in [-0.3, -0.25) is 4.79 Å². The summed E-state index contributed by atoms with van der Waals surface area (Å²) in [5, 5.41) is 12.9. The molecular formula is C17H31NO2. The third kappa shape index (κ3) is 4.21. The molecule has 2 rings (SSSR count).